The lowest BCUT2D eigenvalue weighted by molar-refractivity contribution is -0.125. The maximum Gasteiger partial charge on any atom is 0.253 e. The average molecular weight is 398 g/mol. The van der Waals surface area contributed by atoms with E-state index < -0.39 is 0 Å². The molecule has 29 heavy (non-hydrogen) atoms. The van der Waals surface area contributed by atoms with Gasteiger partial charge in [0.05, 0.1) is 13.0 Å². The van der Waals surface area contributed by atoms with Crippen molar-refractivity contribution in [1.29, 1.82) is 0 Å². The van der Waals surface area contributed by atoms with E-state index in [1.54, 1.807) is 48.4 Å². The number of ether oxygens (including phenoxy) is 1. The zero-order chi connectivity index (χ0) is 21.0. The number of likely N-dealkylation sites (tertiary alicyclic amines) is 1. The van der Waals surface area contributed by atoms with Crippen LogP contribution >= 0.6 is 0 Å². The third kappa shape index (κ3) is 4.94. The predicted octanol–water partition coefficient (Wildman–Crippen LogP) is 3.46. The van der Waals surface area contributed by atoms with E-state index in [0.717, 1.165) is 5.56 Å². The Labute approximate surface area is 170 Å². The van der Waals surface area contributed by atoms with Crippen LogP contribution in [0.3, 0.4) is 0 Å². The molecule has 0 radical (unpaired) electrons. The van der Waals surface area contributed by atoms with Gasteiger partial charge in [-0.15, -0.1) is 0 Å². The number of carbonyl (C=O) groups excluding carboxylic acids is 2. The van der Waals surface area contributed by atoms with Gasteiger partial charge in [0.1, 0.15) is 11.6 Å². The van der Waals surface area contributed by atoms with Gasteiger partial charge in [-0.3, -0.25) is 9.59 Å². The number of methoxy groups -OCH3 is 1. The molecule has 0 spiro atoms. The van der Waals surface area contributed by atoms with Gasteiger partial charge in [0.15, 0.2) is 0 Å². The average Bonchev–Trinajstić information content (AvgIpc) is 3.17. The van der Waals surface area contributed by atoms with Crippen LogP contribution in [-0.4, -0.2) is 43.5 Å². The molecule has 2 aromatic carbocycles. The summed E-state index contributed by atoms with van der Waals surface area (Å²) in [5.41, 5.74) is 1.41. The number of nitrogens with zero attached hydrogens (tertiary/aromatic N) is 1. The van der Waals surface area contributed by atoms with Crippen LogP contribution in [0.25, 0.3) is 0 Å². The van der Waals surface area contributed by atoms with Crippen molar-refractivity contribution in [3.05, 3.63) is 65.5 Å². The van der Waals surface area contributed by atoms with Crippen LogP contribution in [-0.2, 0) is 4.79 Å². The van der Waals surface area contributed by atoms with Crippen LogP contribution in [0.2, 0.25) is 0 Å². The standard InChI is InChI=1S/C23H27FN2O3/c1-15(2)12-25-22(27)21-14-26(13-20(21)16-4-8-18(24)9-5-16)23(28)17-6-10-19(29-3)11-7-17/h4-11,15,20-21H,12-14H2,1-3H3,(H,25,27). The van der Waals surface area contributed by atoms with E-state index in [2.05, 4.69) is 5.32 Å². The lowest BCUT2D eigenvalue weighted by atomic mass is 9.88. The fourth-order valence-corrected chi connectivity index (χ4v) is 3.64. The van der Waals surface area contributed by atoms with Crippen molar-refractivity contribution in [3.8, 4) is 5.75 Å². The first-order chi connectivity index (χ1) is 13.9. The summed E-state index contributed by atoms with van der Waals surface area (Å²) in [7, 11) is 1.57. The monoisotopic (exact) mass is 398 g/mol. The molecule has 0 aromatic heterocycles. The number of halogens is 1. The molecule has 154 valence electrons. The summed E-state index contributed by atoms with van der Waals surface area (Å²) in [5, 5.41) is 2.98. The van der Waals surface area contributed by atoms with Gasteiger partial charge < -0.3 is 15.0 Å². The van der Waals surface area contributed by atoms with Crippen molar-refractivity contribution in [1.82, 2.24) is 10.2 Å². The summed E-state index contributed by atoms with van der Waals surface area (Å²) in [5.74, 6) is -0.0539. The summed E-state index contributed by atoms with van der Waals surface area (Å²) < 4.78 is 18.5. The highest BCUT2D eigenvalue weighted by atomic mass is 19.1. The molecule has 3 rings (SSSR count). The van der Waals surface area contributed by atoms with Crippen LogP contribution in [0.1, 0.15) is 35.7 Å². The van der Waals surface area contributed by atoms with Crippen molar-refractivity contribution in [2.75, 3.05) is 26.7 Å². The number of carbonyl (C=O) groups is 2. The Morgan fingerprint density at radius 2 is 1.76 bits per heavy atom. The zero-order valence-corrected chi connectivity index (χ0v) is 17.0. The summed E-state index contributed by atoms with van der Waals surface area (Å²) in [6.45, 7) is 5.39. The van der Waals surface area contributed by atoms with Crippen molar-refractivity contribution < 1.29 is 18.7 Å². The van der Waals surface area contributed by atoms with E-state index in [1.807, 2.05) is 13.8 Å². The lowest BCUT2D eigenvalue weighted by Gasteiger charge is -2.18. The molecule has 2 atom stereocenters. The molecule has 1 saturated heterocycles. The normalized spacial score (nSPS) is 18.7. The maximum atomic E-state index is 13.4. The lowest BCUT2D eigenvalue weighted by Crippen LogP contribution is -2.37. The van der Waals surface area contributed by atoms with E-state index in [0.29, 0.717) is 36.9 Å². The number of nitrogens with one attached hydrogen (secondary N) is 1. The second-order valence-corrected chi connectivity index (χ2v) is 7.84. The van der Waals surface area contributed by atoms with Gasteiger partial charge in [-0.1, -0.05) is 26.0 Å². The molecule has 1 heterocycles. The Bertz CT molecular complexity index is 849. The van der Waals surface area contributed by atoms with E-state index in [-0.39, 0.29) is 29.5 Å². The second kappa shape index (κ2) is 9.07. The van der Waals surface area contributed by atoms with Gasteiger partial charge in [-0.25, -0.2) is 4.39 Å². The molecule has 1 N–H and O–H groups in total. The van der Waals surface area contributed by atoms with Crippen LogP contribution in [0, 0.1) is 17.7 Å². The van der Waals surface area contributed by atoms with Crippen LogP contribution < -0.4 is 10.1 Å². The second-order valence-electron chi connectivity index (χ2n) is 7.84. The third-order valence-electron chi connectivity index (χ3n) is 5.26. The van der Waals surface area contributed by atoms with E-state index in [9.17, 15) is 14.0 Å². The molecule has 2 aromatic rings. The first-order valence-corrected chi connectivity index (χ1v) is 9.85. The molecule has 2 unspecified atom stereocenters. The fraction of sp³-hybridized carbons (Fsp3) is 0.391. The van der Waals surface area contributed by atoms with Crippen LogP contribution in [0.4, 0.5) is 4.39 Å². The largest absolute Gasteiger partial charge is 0.497 e. The minimum atomic E-state index is -0.374. The highest BCUT2D eigenvalue weighted by Gasteiger charge is 2.40. The quantitative estimate of drug-likeness (QED) is 0.811. The molecule has 6 heteroatoms. The molecule has 0 saturated carbocycles. The predicted molar refractivity (Wildman–Crippen MR) is 109 cm³/mol. The van der Waals surface area contributed by atoms with Crippen molar-refractivity contribution >= 4 is 11.8 Å². The molecule has 0 bridgehead atoms. The highest BCUT2D eigenvalue weighted by molar-refractivity contribution is 5.95. The highest BCUT2D eigenvalue weighted by Crippen LogP contribution is 2.34. The first-order valence-electron chi connectivity index (χ1n) is 9.85. The third-order valence-corrected chi connectivity index (χ3v) is 5.26. The number of hydrogen-bond acceptors (Lipinski definition) is 3. The van der Waals surface area contributed by atoms with Gasteiger partial charge in [-0.2, -0.15) is 0 Å². The molecule has 1 fully saturated rings. The first kappa shape index (κ1) is 20.8. The van der Waals surface area contributed by atoms with Crippen molar-refractivity contribution in [2.24, 2.45) is 11.8 Å². The maximum absolute atomic E-state index is 13.4. The fourth-order valence-electron chi connectivity index (χ4n) is 3.64. The Hall–Kier alpha value is -2.89. The van der Waals surface area contributed by atoms with E-state index in [1.165, 1.54) is 12.1 Å². The molecule has 1 aliphatic rings. The minimum Gasteiger partial charge on any atom is -0.497 e. The van der Waals surface area contributed by atoms with Crippen molar-refractivity contribution in [2.45, 2.75) is 19.8 Å². The Kier molecular flexibility index (Phi) is 6.52. The molecular formula is C23H27FN2O3. The van der Waals surface area contributed by atoms with Gasteiger partial charge in [-0.05, 0) is 47.9 Å². The van der Waals surface area contributed by atoms with Crippen molar-refractivity contribution in [3.63, 3.8) is 0 Å². The summed E-state index contributed by atoms with van der Waals surface area (Å²) in [6.07, 6.45) is 0. The van der Waals surface area contributed by atoms with Crippen LogP contribution in [0.15, 0.2) is 48.5 Å². The summed E-state index contributed by atoms with van der Waals surface area (Å²) >= 11 is 0. The Morgan fingerprint density at radius 3 is 2.34 bits per heavy atom. The number of rotatable bonds is 6. The minimum absolute atomic E-state index is 0.0712. The smallest absolute Gasteiger partial charge is 0.253 e. The SMILES string of the molecule is COc1ccc(C(=O)N2CC(C(=O)NCC(C)C)C(c3ccc(F)cc3)C2)cc1. The molecule has 1 aliphatic heterocycles. The van der Waals surface area contributed by atoms with E-state index >= 15 is 0 Å². The van der Waals surface area contributed by atoms with Gasteiger partial charge in [0.25, 0.3) is 5.91 Å². The Morgan fingerprint density at radius 1 is 1.10 bits per heavy atom. The zero-order valence-electron chi connectivity index (χ0n) is 17.0. The number of amides is 2. The molecule has 0 aliphatic carbocycles. The Balaban J connectivity index is 1.81. The molecular weight excluding hydrogens is 371 g/mol. The van der Waals surface area contributed by atoms with E-state index in [4.69, 9.17) is 4.74 Å². The molecule has 2 amide bonds. The van der Waals surface area contributed by atoms with Gasteiger partial charge in [0.2, 0.25) is 5.91 Å². The topological polar surface area (TPSA) is 58.6 Å². The summed E-state index contributed by atoms with van der Waals surface area (Å²) in [4.78, 5) is 27.6. The molecule has 5 nitrogen and oxygen atoms in total. The number of benzene rings is 2. The van der Waals surface area contributed by atoms with Gasteiger partial charge >= 0.3 is 0 Å². The van der Waals surface area contributed by atoms with Gasteiger partial charge in [0, 0.05) is 31.1 Å². The van der Waals surface area contributed by atoms with Crippen LogP contribution in [0.5, 0.6) is 5.75 Å². The summed E-state index contributed by atoms with van der Waals surface area (Å²) in [6, 6.07) is 13.1. The number of hydrogen-bond donors (Lipinski definition) is 1.